The SMILES string of the molecule is CC(OC(=O)CC(N)c1ccccc1)c1ccccc1. The first kappa shape index (κ1) is 14.3. The number of rotatable bonds is 5. The number of benzene rings is 2. The molecule has 2 atom stereocenters. The predicted molar refractivity (Wildman–Crippen MR) is 78.9 cm³/mol. The van der Waals surface area contributed by atoms with Crippen LogP contribution in [0.4, 0.5) is 0 Å². The molecular weight excluding hydrogens is 250 g/mol. The summed E-state index contributed by atoms with van der Waals surface area (Å²) in [6, 6.07) is 18.9. The summed E-state index contributed by atoms with van der Waals surface area (Å²) in [5.41, 5.74) is 7.93. The average molecular weight is 269 g/mol. The molecule has 0 aliphatic carbocycles. The van der Waals surface area contributed by atoms with Gasteiger partial charge < -0.3 is 10.5 Å². The Kier molecular flexibility index (Phi) is 4.91. The smallest absolute Gasteiger partial charge is 0.308 e. The van der Waals surface area contributed by atoms with Gasteiger partial charge in [-0.25, -0.2) is 0 Å². The van der Waals surface area contributed by atoms with Crippen molar-refractivity contribution in [2.24, 2.45) is 5.73 Å². The van der Waals surface area contributed by atoms with Gasteiger partial charge in [-0.1, -0.05) is 60.7 Å². The van der Waals surface area contributed by atoms with Gasteiger partial charge in [0.15, 0.2) is 0 Å². The highest BCUT2D eigenvalue weighted by atomic mass is 16.5. The summed E-state index contributed by atoms with van der Waals surface area (Å²) in [6.45, 7) is 1.86. The molecule has 2 N–H and O–H groups in total. The van der Waals surface area contributed by atoms with Gasteiger partial charge in [-0.3, -0.25) is 4.79 Å². The van der Waals surface area contributed by atoms with Crippen LogP contribution >= 0.6 is 0 Å². The number of hydrogen-bond donors (Lipinski definition) is 1. The lowest BCUT2D eigenvalue weighted by atomic mass is 10.1. The Morgan fingerprint density at radius 1 is 1.00 bits per heavy atom. The maximum Gasteiger partial charge on any atom is 0.308 e. The first-order chi connectivity index (χ1) is 9.66. The third-order valence-electron chi connectivity index (χ3n) is 3.19. The number of hydrogen-bond acceptors (Lipinski definition) is 3. The first-order valence-corrected chi connectivity index (χ1v) is 6.72. The van der Waals surface area contributed by atoms with Gasteiger partial charge in [-0.05, 0) is 18.1 Å². The van der Waals surface area contributed by atoms with Gasteiger partial charge >= 0.3 is 5.97 Å². The van der Waals surface area contributed by atoms with E-state index in [9.17, 15) is 4.79 Å². The van der Waals surface area contributed by atoms with Crippen LogP contribution in [0.25, 0.3) is 0 Å². The number of nitrogens with two attached hydrogens (primary N) is 1. The summed E-state index contributed by atoms with van der Waals surface area (Å²) < 4.78 is 5.41. The molecule has 0 fully saturated rings. The Morgan fingerprint density at radius 2 is 1.50 bits per heavy atom. The summed E-state index contributed by atoms with van der Waals surface area (Å²) in [5.74, 6) is -0.280. The number of esters is 1. The summed E-state index contributed by atoms with van der Waals surface area (Å²) >= 11 is 0. The molecule has 0 amide bonds. The van der Waals surface area contributed by atoms with Crippen LogP contribution in [-0.2, 0) is 9.53 Å². The van der Waals surface area contributed by atoms with E-state index in [1.807, 2.05) is 67.6 Å². The molecule has 2 unspecified atom stereocenters. The molecule has 0 radical (unpaired) electrons. The second kappa shape index (κ2) is 6.87. The van der Waals surface area contributed by atoms with Crippen LogP contribution in [0.5, 0.6) is 0 Å². The van der Waals surface area contributed by atoms with Gasteiger partial charge in [-0.15, -0.1) is 0 Å². The fraction of sp³-hybridized carbons (Fsp3) is 0.235. The van der Waals surface area contributed by atoms with Crippen molar-refractivity contribution in [1.29, 1.82) is 0 Å². The molecule has 0 saturated carbocycles. The lowest BCUT2D eigenvalue weighted by Crippen LogP contribution is -2.18. The van der Waals surface area contributed by atoms with E-state index in [4.69, 9.17) is 10.5 Å². The lowest BCUT2D eigenvalue weighted by Gasteiger charge is -2.16. The number of carbonyl (C=O) groups excluding carboxylic acids is 1. The van der Waals surface area contributed by atoms with Crippen LogP contribution in [0.3, 0.4) is 0 Å². The molecule has 3 heteroatoms. The standard InChI is InChI=1S/C17H19NO2/c1-13(14-8-4-2-5-9-14)20-17(19)12-16(18)15-10-6-3-7-11-15/h2-11,13,16H,12,18H2,1H3. The number of ether oxygens (including phenoxy) is 1. The fourth-order valence-corrected chi connectivity index (χ4v) is 2.04. The van der Waals surface area contributed by atoms with Crippen LogP contribution in [-0.4, -0.2) is 5.97 Å². The van der Waals surface area contributed by atoms with Crippen molar-refractivity contribution < 1.29 is 9.53 Å². The van der Waals surface area contributed by atoms with E-state index < -0.39 is 0 Å². The molecule has 2 aromatic rings. The topological polar surface area (TPSA) is 52.3 Å². The normalized spacial score (nSPS) is 13.5. The van der Waals surface area contributed by atoms with E-state index in [1.54, 1.807) is 0 Å². The molecule has 0 aliphatic heterocycles. The van der Waals surface area contributed by atoms with Gasteiger partial charge in [-0.2, -0.15) is 0 Å². The van der Waals surface area contributed by atoms with E-state index >= 15 is 0 Å². The Balaban J connectivity index is 1.90. The zero-order valence-electron chi connectivity index (χ0n) is 11.5. The second-order valence-corrected chi connectivity index (χ2v) is 4.76. The zero-order valence-corrected chi connectivity index (χ0v) is 11.5. The van der Waals surface area contributed by atoms with E-state index in [-0.39, 0.29) is 24.5 Å². The molecular formula is C17H19NO2. The third kappa shape index (κ3) is 3.93. The zero-order chi connectivity index (χ0) is 14.4. The van der Waals surface area contributed by atoms with Crippen LogP contribution in [0, 0.1) is 0 Å². The van der Waals surface area contributed by atoms with Gasteiger partial charge in [0.25, 0.3) is 0 Å². The molecule has 2 rings (SSSR count). The Hall–Kier alpha value is -2.13. The van der Waals surface area contributed by atoms with Crippen molar-refractivity contribution >= 4 is 5.97 Å². The molecule has 0 bridgehead atoms. The minimum absolute atomic E-state index is 0.182. The van der Waals surface area contributed by atoms with Crippen LogP contribution in [0.1, 0.15) is 36.6 Å². The minimum Gasteiger partial charge on any atom is -0.458 e. The summed E-state index contributed by atoms with van der Waals surface area (Å²) in [5, 5.41) is 0. The molecule has 0 aromatic heterocycles. The Labute approximate surface area is 119 Å². The highest BCUT2D eigenvalue weighted by Crippen LogP contribution is 2.19. The molecule has 3 nitrogen and oxygen atoms in total. The van der Waals surface area contributed by atoms with E-state index in [0.717, 1.165) is 11.1 Å². The molecule has 0 saturated heterocycles. The van der Waals surface area contributed by atoms with Gasteiger partial charge in [0.1, 0.15) is 6.10 Å². The summed E-state index contributed by atoms with van der Waals surface area (Å²) in [6.07, 6.45) is -0.0760. The average Bonchev–Trinajstić information content (AvgIpc) is 2.49. The van der Waals surface area contributed by atoms with Crippen molar-refractivity contribution in [2.45, 2.75) is 25.5 Å². The fourth-order valence-electron chi connectivity index (χ4n) is 2.04. The van der Waals surface area contributed by atoms with Gasteiger partial charge in [0, 0.05) is 6.04 Å². The quantitative estimate of drug-likeness (QED) is 0.847. The third-order valence-corrected chi connectivity index (χ3v) is 3.19. The second-order valence-electron chi connectivity index (χ2n) is 4.76. The van der Waals surface area contributed by atoms with E-state index in [2.05, 4.69) is 0 Å². The van der Waals surface area contributed by atoms with Crippen LogP contribution < -0.4 is 5.73 Å². The molecule has 2 aromatic carbocycles. The van der Waals surface area contributed by atoms with Crippen molar-refractivity contribution in [3.05, 3.63) is 71.8 Å². The summed E-state index contributed by atoms with van der Waals surface area (Å²) in [4.78, 5) is 11.9. The largest absolute Gasteiger partial charge is 0.458 e. The van der Waals surface area contributed by atoms with Crippen LogP contribution in [0.2, 0.25) is 0 Å². The van der Waals surface area contributed by atoms with Crippen molar-refractivity contribution in [1.82, 2.24) is 0 Å². The number of carbonyl (C=O) groups is 1. The highest BCUT2D eigenvalue weighted by molar-refractivity contribution is 5.70. The van der Waals surface area contributed by atoms with Crippen molar-refractivity contribution in [3.8, 4) is 0 Å². The molecule has 0 spiro atoms. The van der Waals surface area contributed by atoms with E-state index in [1.165, 1.54) is 0 Å². The maximum atomic E-state index is 11.9. The summed E-state index contributed by atoms with van der Waals surface area (Å²) in [7, 11) is 0. The predicted octanol–water partition coefficient (Wildman–Crippen LogP) is 3.38. The molecule has 20 heavy (non-hydrogen) atoms. The Morgan fingerprint density at radius 3 is 2.05 bits per heavy atom. The maximum absolute atomic E-state index is 11.9. The highest BCUT2D eigenvalue weighted by Gasteiger charge is 2.16. The lowest BCUT2D eigenvalue weighted by molar-refractivity contribution is -0.149. The first-order valence-electron chi connectivity index (χ1n) is 6.72. The van der Waals surface area contributed by atoms with Gasteiger partial charge in [0.05, 0.1) is 6.42 Å². The van der Waals surface area contributed by atoms with E-state index in [0.29, 0.717) is 0 Å². The molecule has 0 aliphatic rings. The van der Waals surface area contributed by atoms with Crippen molar-refractivity contribution in [3.63, 3.8) is 0 Å². The van der Waals surface area contributed by atoms with Crippen LogP contribution in [0.15, 0.2) is 60.7 Å². The van der Waals surface area contributed by atoms with Crippen molar-refractivity contribution in [2.75, 3.05) is 0 Å². The molecule has 104 valence electrons. The minimum atomic E-state index is -0.327. The van der Waals surface area contributed by atoms with Gasteiger partial charge in [0.2, 0.25) is 0 Å². The molecule has 0 heterocycles. The Bertz CT molecular complexity index is 490. The monoisotopic (exact) mass is 269 g/mol.